The molecule has 3 atom stereocenters. The van der Waals surface area contributed by atoms with E-state index in [1.807, 2.05) is 0 Å². The van der Waals surface area contributed by atoms with Crippen molar-refractivity contribution in [3.8, 4) is 0 Å². The lowest BCUT2D eigenvalue weighted by Crippen LogP contribution is -2.31. The van der Waals surface area contributed by atoms with Crippen molar-refractivity contribution in [1.82, 2.24) is 0 Å². The summed E-state index contributed by atoms with van der Waals surface area (Å²) in [6.07, 6.45) is 3.61. The second-order valence-electron chi connectivity index (χ2n) is 4.90. The molecule has 2 aliphatic rings. The van der Waals surface area contributed by atoms with Crippen molar-refractivity contribution in [2.45, 2.75) is 42.4 Å². The van der Waals surface area contributed by atoms with Gasteiger partial charge < -0.3 is 10.1 Å². The Morgan fingerprint density at radius 3 is 2.67 bits per heavy atom. The van der Waals surface area contributed by atoms with E-state index in [9.17, 15) is 8.42 Å². The minimum atomic E-state index is -3.69. The summed E-state index contributed by atoms with van der Waals surface area (Å²) in [5.74, 6) is 0. The maximum Gasteiger partial charge on any atom is 0.240 e. The lowest BCUT2D eigenvalue weighted by atomic mass is 9.95. The van der Waals surface area contributed by atoms with Gasteiger partial charge in [-0.2, -0.15) is 0 Å². The molecule has 2 saturated heterocycles. The minimum absolute atomic E-state index is 0.146. The number of rotatable bonds is 3. The van der Waals surface area contributed by atoms with Crippen LogP contribution in [0.1, 0.15) is 19.3 Å². The molecule has 6 heteroatoms. The quantitative estimate of drug-likeness (QED) is 0.859. The Bertz CT molecular complexity index is 558. The van der Waals surface area contributed by atoms with Crippen LogP contribution in [0.15, 0.2) is 29.2 Å². The maximum absolute atomic E-state index is 11.5. The van der Waals surface area contributed by atoms with Crippen LogP contribution in [0.25, 0.3) is 0 Å². The Balaban J connectivity index is 1.85. The van der Waals surface area contributed by atoms with Crippen molar-refractivity contribution in [3.63, 3.8) is 0 Å². The number of nitrogens with one attached hydrogen (secondary N) is 1. The van der Waals surface area contributed by atoms with Gasteiger partial charge in [-0.15, -0.1) is 0 Å². The molecule has 0 spiro atoms. The second kappa shape index (κ2) is 4.22. The summed E-state index contributed by atoms with van der Waals surface area (Å²) < 4.78 is 28.7. The molecule has 3 unspecified atom stereocenters. The average Bonchev–Trinajstić information content (AvgIpc) is 2.90. The number of benzene rings is 1. The number of nitrogens with two attached hydrogens (primary N) is 1. The van der Waals surface area contributed by atoms with Crippen LogP contribution in [0, 0.1) is 0 Å². The van der Waals surface area contributed by atoms with Gasteiger partial charge in [0.15, 0.2) is 0 Å². The molecule has 1 aromatic rings. The molecule has 0 aliphatic carbocycles. The average molecular weight is 268 g/mol. The Labute approximate surface area is 106 Å². The van der Waals surface area contributed by atoms with Gasteiger partial charge in [-0.3, -0.25) is 0 Å². The van der Waals surface area contributed by atoms with E-state index < -0.39 is 10.0 Å². The highest BCUT2D eigenvalue weighted by Gasteiger charge is 2.41. The maximum atomic E-state index is 11.5. The van der Waals surface area contributed by atoms with Gasteiger partial charge in [-0.05, 0) is 31.4 Å². The van der Waals surface area contributed by atoms with E-state index in [2.05, 4.69) is 5.32 Å². The monoisotopic (exact) mass is 268 g/mol. The van der Waals surface area contributed by atoms with Crippen LogP contribution in [-0.2, 0) is 14.8 Å². The van der Waals surface area contributed by atoms with Crippen molar-refractivity contribution in [2.24, 2.45) is 5.14 Å². The van der Waals surface area contributed by atoms with Crippen molar-refractivity contribution in [3.05, 3.63) is 24.3 Å². The molecular formula is C12H16N2O3S. The number of hydrogen-bond donors (Lipinski definition) is 2. The second-order valence-corrected chi connectivity index (χ2v) is 6.43. The van der Waals surface area contributed by atoms with Crippen molar-refractivity contribution in [1.29, 1.82) is 0 Å². The minimum Gasteiger partial charge on any atom is -0.379 e. The van der Waals surface area contributed by atoms with Crippen LogP contribution in [-0.4, -0.2) is 26.7 Å². The lowest BCUT2D eigenvalue weighted by molar-refractivity contribution is 0.102. The molecule has 2 heterocycles. The zero-order valence-corrected chi connectivity index (χ0v) is 10.7. The van der Waals surface area contributed by atoms with E-state index in [4.69, 9.17) is 9.88 Å². The fourth-order valence-corrected chi connectivity index (χ4v) is 3.53. The first-order valence-electron chi connectivity index (χ1n) is 6.08. The molecule has 98 valence electrons. The Morgan fingerprint density at radius 2 is 2.06 bits per heavy atom. The van der Waals surface area contributed by atoms with Gasteiger partial charge >= 0.3 is 0 Å². The Hall–Kier alpha value is -1.11. The normalized spacial score (nSPS) is 30.6. The molecule has 3 rings (SSSR count). The number of hydrogen-bond acceptors (Lipinski definition) is 4. The molecule has 1 aromatic carbocycles. The van der Waals surface area contributed by atoms with Gasteiger partial charge in [0.2, 0.25) is 10.0 Å². The fourth-order valence-electron chi connectivity index (χ4n) is 2.82. The first-order valence-corrected chi connectivity index (χ1v) is 7.62. The largest absolute Gasteiger partial charge is 0.379 e. The molecule has 0 aromatic heterocycles. The van der Waals surface area contributed by atoms with Crippen LogP contribution in [0.2, 0.25) is 0 Å². The Kier molecular flexibility index (Phi) is 2.80. The molecule has 0 saturated carbocycles. The van der Waals surface area contributed by atoms with Gasteiger partial charge in [0.05, 0.1) is 23.9 Å². The third kappa shape index (κ3) is 2.11. The van der Waals surface area contributed by atoms with Crippen LogP contribution in [0.3, 0.4) is 0 Å². The molecule has 0 amide bonds. The van der Waals surface area contributed by atoms with E-state index in [-0.39, 0.29) is 17.0 Å². The standard InChI is InChI=1S/C12H16N2O3S/c13-18(15,16)12-4-2-1-3-9(12)14-10-7-8-5-6-11(10)17-8/h1-4,8,10-11,14H,5-7H2,(H2,13,15,16). The van der Waals surface area contributed by atoms with Gasteiger partial charge in [0, 0.05) is 0 Å². The smallest absolute Gasteiger partial charge is 0.240 e. The summed E-state index contributed by atoms with van der Waals surface area (Å²) in [4.78, 5) is 0.146. The third-order valence-electron chi connectivity index (χ3n) is 3.64. The first-order chi connectivity index (χ1) is 8.54. The molecule has 0 radical (unpaired) electrons. The Morgan fingerprint density at radius 1 is 1.28 bits per heavy atom. The predicted molar refractivity (Wildman–Crippen MR) is 67.7 cm³/mol. The highest BCUT2D eigenvalue weighted by Crippen LogP contribution is 2.36. The molecule has 2 fully saturated rings. The summed E-state index contributed by atoms with van der Waals surface area (Å²) in [5, 5.41) is 8.47. The van der Waals surface area contributed by atoms with E-state index in [1.54, 1.807) is 18.2 Å². The first kappa shape index (κ1) is 12.0. The van der Waals surface area contributed by atoms with Crippen molar-refractivity contribution < 1.29 is 13.2 Å². The van der Waals surface area contributed by atoms with Crippen LogP contribution in [0.5, 0.6) is 0 Å². The van der Waals surface area contributed by atoms with Crippen molar-refractivity contribution >= 4 is 15.7 Å². The van der Waals surface area contributed by atoms with Crippen LogP contribution in [0.4, 0.5) is 5.69 Å². The number of anilines is 1. The van der Waals surface area contributed by atoms with E-state index in [0.717, 1.165) is 19.3 Å². The predicted octanol–water partition coefficient (Wildman–Crippen LogP) is 1.07. The molecular weight excluding hydrogens is 252 g/mol. The topological polar surface area (TPSA) is 81.4 Å². The van der Waals surface area contributed by atoms with E-state index >= 15 is 0 Å². The SMILES string of the molecule is NS(=O)(=O)c1ccccc1NC1CC2CCC1O2. The van der Waals surface area contributed by atoms with Gasteiger partial charge in [-0.1, -0.05) is 12.1 Å². The number of primary sulfonamides is 1. The fraction of sp³-hybridized carbons (Fsp3) is 0.500. The van der Waals surface area contributed by atoms with Crippen LogP contribution >= 0.6 is 0 Å². The summed E-state index contributed by atoms with van der Waals surface area (Å²) in [6.45, 7) is 0. The highest BCUT2D eigenvalue weighted by atomic mass is 32.2. The molecule has 2 bridgehead atoms. The summed E-state index contributed by atoms with van der Waals surface area (Å²) >= 11 is 0. The number of ether oxygens (including phenoxy) is 1. The summed E-state index contributed by atoms with van der Waals surface area (Å²) in [5.41, 5.74) is 0.571. The summed E-state index contributed by atoms with van der Waals surface area (Å²) in [7, 11) is -3.69. The third-order valence-corrected chi connectivity index (χ3v) is 4.61. The number of fused-ring (bicyclic) bond motifs is 2. The highest BCUT2D eigenvalue weighted by molar-refractivity contribution is 7.89. The number of para-hydroxylation sites is 1. The van der Waals surface area contributed by atoms with Gasteiger partial charge in [0.25, 0.3) is 0 Å². The molecule has 18 heavy (non-hydrogen) atoms. The summed E-state index contributed by atoms with van der Waals surface area (Å²) in [6, 6.07) is 6.91. The van der Waals surface area contributed by atoms with E-state index in [0.29, 0.717) is 11.8 Å². The van der Waals surface area contributed by atoms with Gasteiger partial charge in [-0.25, -0.2) is 13.6 Å². The zero-order chi connectivity index (χ0) is 12.8. The zero-order valence-electron chi connectivity index (χ0n) is 9.87. The molecule has 5 nitrogen and oxygen atoms in total. The van der Waals surface area contributed by atoms with Gasteiger partial charge in [0.1, 0.15) is 4.90 Å². The molecule has 3 N–H and O–H groups in total. The lowest BCUT2D eigenvalue weighted by Gasteiger charge is -2.22. The number of sulfonamides is 1. The van der Waals surface area contributed by atoms with Crippen LogP contribution < -0.4 is 10.5 Å². The molecule has 2 aliphatic heterocycles. The van der Waals surface area contributed by atoms with Crippen molar-refractivity contribution in [2.75, 3.05) is 5.32 Å². The van der Waals surface area contributed by atoms with E-state index in [1.165, 1.54) is 6.07 Å².